The lowest BCUT2D eigenvalue weighted by Crippen LogP contribution is -2.45. The summed E-state index contributed by atoms with van der Waals surface area (Å²) in [7, 11) is 0. The van der Waals surface area contributed by atoms with Crippen molar-refractivity contribution in [2.75, 3.05) is 26.2 Å². The lowest BCUT2D eigenvalue weighted by atomic mass is 9.98. The van der Waals surface area contributed by atoms with Gasteiger partial charge in [-0.1, -0.05) is 12.1 Å². The second kappa shape index (κ2) is 6.92. The normalized spacial score (nSPS) is 18.2. The number of rotatable bonds is 4. The Balaban J connectivity index is 2.15. The maximum atomic E-state index is 12.5. The van der Waals surface area contributed by atoms with Gasteiger partial charge in [-0.05, 0) is 24.1 Å². The number of alkyl halides is 3. The van der Waals surface area contributed by atoms with Crippen molar-refractivity contribution in [1.82, 2.24) is 10.2 Å². The van der Waals surface area contributed by atoms with Crippen LogP contribution in [0.3, 0.4) is 0 Å². The van der Waals surface area contributed by atoms with E-state index in [-0.39, 0.29) is 12.5 Å². The van der Waals surface area contributed by atoms with Gasteiger partial charge in [-0.25, -0.2) is 0 Å². The smallest absolute Gasteiger partial charge is 0.314 e. The van der Waals surface area contributed by atoms with E-state index < -0.39 is 12.6 Å². The number of nitrogens with one attached hydrogen (secondary N) is 1. The van der Waals surface area contributed by atoms with Crippen LogP contribution in [-0.4, -0.2) is 37.3 Å². The molecule has 1 N–H and O–H groups in total. The summed E-state index contributed by atoms with van der Waals surface area (Å²) in [5, 5.41) is 12.0. The first-order valence-electron chi connectivity index (χ1n) is 7.01. The second-order valence-electron chi connectivity index (χ2n) is 5.19. The lowest BCUT2D eigenvalue weighted by Gasteiger charge is -2.35. The van der Waals surface area contributed by atoms with E-state index in [9.17, 15) is 13.2 Å². The minimum atomic E-state index is -4.14. The van der Waals surface area contributed by atoms with Crippen LogP contribution in [0.25, 0.3) is 0 Å². The number of hydrogen-bond acceptors (Lipinski definition) is 3. The molecule has 2 rings (SSSR count). The highest BCUT2D eigenvalue weighted by molar-refractivity contribution is 5.33. The van der Waals surface area contributed by atoms with Gasteiger partial charge in [0.1, 0.15) is 0 Å². The van der Waals surface area contributed by atoms with Crippen molar-refractivity contribution >= 4 is 0 Å². The number of piperazine rings is 1. The number of benzene rings is 1. The predicted molar refractivity (Wildman–Crippen MR) is 73.6 cm³/mol. The summed E-state index contributed by atoms with van der Waals surface area (Å²) in [6.07, 6.45) is -4.88. The third-order valence-electron chi connectivity index (χ3n) is 3.72. The third-order valence-corrected chi connectivity index (χ3v) is 3.72. The van der Waals surface area contributed by atoms with Crippen molar-refractivity contribution in [1.29, 1.82) is 5.26 Å². The Kier molecular flexibility index (Phi) is 5.21. The van der Waals surface area contributed by atoms with E-state index in [1.54, 1.807) is 24.3 Å². The highest BCUT2D eigenvalue weighted by Crippen LogP contribution is 2.31. The van der Waals surface area contributed by atoms with Gasteiger partial charge in [0.05, 0.1) is 11.6 Å². The molecule has 1 aromatic rings. The Morgan fingerprint density at radius 3 is 2.33 bits per heavy atom. The maximum absolute atomic E-state index is 12.5. The average Bonchev–Trinajstić information content (AvgIpc) is 2.48. The van der Waals surface area contributed by atoms with Crippen molar-refractivity contribution < 1.29 is 13.2 Å². The summed E-state index contributed by atoms with van der Waals surface area (Å²) in [6, 6.07) is 8.64. The van der Waals surface area contributed by atoms with Gasteiger partial charge >= 0.3 is 6.18 Å². The van der Waals surface area contributed by atoms with Crippen LogP contribution in [0.4, 0.5) is 13.2 Å². The molecule has 1 fully saturated rings. The van der Waals surface area contributed by atoms with Crippen LogP contribution >= 0.6 is 0 Å². The summed E-state index contributed by atoms with van der Waals surface area (Å²) in [6.45, 7) is 3.06. The average molecular weight is 297 g/mol. The molecule has 6 heteroatoms. The van der Waals surface area contributed by atoms with Gasteiger partial charge in [0.15, 0.2) is 0 Å². The molecule has 0 unspecified atom stereocenters. The number of nitriles is 1. The topological polar surface area (TPSA) is 39.1 Å². The van der Waals surface area contributed by atoms with Gasteiger partial charge in [-0.15, -0.1) is 0 Å². The molecule has 1 atom stereocenters. The minimum Gasteiger partial charge on any atom is -0.314 e. The van der Waals surface area contributed by atoms with Crippen molar-refractivity contribution in [3.8, 4) is 6.07 Å². The molecule has 0 aromatic heterocycles. The fraction of sp³-hybridized carbons (Fsp3) is 0.533. The molecule has 21 heavy (non-hydrogen) atoms. The molecule has 0 amide bonds. The summed E-state index contributed by atoms with van der Waals surface area (Å²) in [5.74, 6) is 0. The van der Waals surface area contributed by atoms with Gasteiger partial charge < -0.3 is 5.32 Å². The monoisotopic (exact) mass is 297 g/mol. The van der Waals surface area contributed by atoms with Gasteiger partial charge in [0.2, 0.25) is 0 Å². The van der Waals surface area contributed by atoms with Crippen LogP contribution in [0.2, 0.25) is 0 Å². The van der Waals surface area contributed by atoms with Gasteiger partial charge in [0, 0.05) is 38.6 Å². The van der Waals surface area contributed by atoms with Gasteiger partial charge in [0.25, 0.3) is 0 Å². The van der Waals surface area contributed by atoms with E-state index >= 15 is 0 Å². The maximum Gasteiger partial charge on any atom is 0.389 e. The van der Waals surface area contributed by atoms with Crippen LogP contribution in [0.15, 0.2) is 24.3 Å². The number of halogens is 3. The summed E-state index contributed by atoms with van der Waals surface area (Å²) in [4.78, 5) is 2.09. The van der Waals surface area contributed by atoms with Crippen molar-refractivity contribution in [3.05, 3.63) is 35.4 Å². The SMILES string of the molecule is N#Cc1ccc([C@H](CCC(F)(F)F)N2CCNCC2)cc1. The summed E-state index contributed by atoms with van der Waals surface area (Å²) < 4.78 is 37.6. The van der Waals surface area contributed by atoms with E-state index in [1.165, 1.54) is 0 Å². The quantitative estimate of drug-likeness (QED) is 0.929. The van der Waals surface area contributed by atoms with Crippen LogP contribution in [0.5, 0.6) is 0 Å². The van der Waals surface area contributed by atoms with Crippen LogP contribution < -0.4 is 5.32 Å². The second-order valence-corrected chi connectivity index (χ2v) is 5.19. The first-order chi connectivity index (χ1) is 9.99. The zero-order valence-corrected chi connectivity index (χ0v) is 11.7. The van der Waals surface area contributed by atoms with Crippen molar-refractivity contribution in [3.63, 3.8) is 0 Å². The fourth-order valence-electron chi connectivity index (χ4n) is 2.63. The Labute approximate surface area is 122 Å². The van der Waals surface area contributed by atoms with E-state index in [0.717, 1.165) is 31.7 Å². The molecule has 114 valence electrons. The zero-order chi connectivity index (χ0) is 15.3. The van der Waals surface area contributed by atoms with Crippen molar-refractivity contribution in [2.24, 2.45) is 0 Å². The molecule has 0 saturated carbocycles. The van der Waals surface area contributed by atoms with Gasteiger partial charge in [-0.3, -0.25) is 4.90 Å². The third kappa shape index (κ3) is 4.73. The van der Waals surface area contributed by atoms with Crippen LogP contribution in [-0.2, 0) is 0 Å². The van der Waals surface area contributed by atoms with Crippen LogP contribution in [0.1, 0.15) is 30.0 Å². The molecular formula is C15H18F3N3. The molecule has 0 bridgehead atoms. The Morgan fingerprint density at radius 2 is 1.81 bits per heavy atom. The molecule has 0 radical (unpaired) electrons. The molecule has 1 aliphatic heterocycles. The molecule has 1 aliphatic rings. The minimum absolute atomic E-state index is 0.0510. The first-order valence-corrected chi connectivity index (χ1v) is 7.01. The summed E-state index contributed by atoms with van der Waals surface area (Å²) >= 11 is 0. The Hall–Kier alpha value is -1.58. The lowest BCUT2D eigenvalue weighted by molar-refractivity contribution is -0.138. The molecule has 1 saturated heterocycles. The first kappa shape index (κ1) is 15.8. The fourth-order valence-corrected chi connectivity index (χ4v) is 2.63. The molecule has 1 heterocycles. The van der Waals surface area contributed by atoms with Crippen LogP contribution in [0, 0.1) is 11.3 Å². The molecule has 1 aromatic carbocycles. The molecular weight excluding hydrogens is 279 g/mol. The van der Waals surface area contributed by atoms with Crippen molar-refractivity contribution in [2.45, 2.75) is 25.1 Å². The molecule has 3 nitrogen and oxygen atoms in total. The highest BCUT2D eigenvalue weighted by atomic mass is 19.4. The summed E-state index contributed by atoms with van der Waals surface area (Å²) in [5.41, 5.74) is 1.37. The standard InChI is InChI=1S/C15H18F3N3/c16-15(17,18)6-5-14(21-9-7-20-8-10-21)13-3-1-12(11-19)2-4-13/h1-4,14,20H,5-10H2/t14-/m0/s1. The van der Waals surface area contributed by atoms with E-state index in [0.29, 0.717) is 5.56 Å². The number of hydrogen-bond donors (Lipinski definition) is 1. The number of nitrogens with zero attached hydrogens (tertiary/aromatic N) is 2. The van der Waals surface area contributed by atoms with E-state index in [1.807, 2.05) is 6.07 Å². The Morgan fingerprint density at radius 1 is 1.19 bits per heavy atom. The van der Waals surface area contributed by atoms with E-state index in [2.05, 4.69) is 10.2 Å². The Bertz CT molecular complexity index is 484. The molecule has 0 aliphatic carbocycles. The zero-order valence-electron chi connectivity index (χ0n) is 11.7. The predicted octanol–water partition coefficient (Wildman–Crippen LogP) is 2.85. The molecule has 0 spiro atoms. The highest BCUT2D eigenvalue weighted by Gasteiger charge is 2.31. The largest absolute Gasteiger partial charge is 0.389 e. The van der Waals surface area contributed by atoms with Gasteiger partial charge in [-0.2, -0.15) is 18.4 Å². The van der Waals surface area contributed by atoms with E-state index in [4.69, 9.17) is 5.26 Å².